The van der Waals surface area contributed by atoms with Crippen LogP contribution in [-0.4, -0.2) is 53.7 Å². The average Bonchev–Trinajstić information content (AvgIpc) is 2.92. The van der Waals surface area contributed by atoms with Crippen LogP contribution in [0.4, 0.5) is 0 Å². The molecule has 0 aromatic carbocycles. The molecule has 0 unspecified atom stereocenters. The molecule has 0 saturated carbocycles. The highest BCUT2D eigenvalue weighted by atomic mass is 32.1. The van der Waals surface area contributed by atoms with Crippen molar-refractivity contribution in [2.45, 2.75) is 33.7 Å². The number of hydrogen-bond donors (Lipinski definition) is 1. The van der Waals surface area contributed by atoms with Gasteiger partial charge in [0.1, 0.15) is 10.7 Å². The van der Waals surface area contributed by atoms with Gasteiger partial charge in [0.25, 0.3) is 11.5 Å². The van der Waals surface area contributed by atoms with Gasteiger partial charge in [0.2, 0.25) is 0 Å². The maximum Gasteiger partial charge on any atom is 0.262 e. The van der Waals surface area contributed by atoms with Crippen LogP contribution in [0.2, 0.25) is 0 Å². The molecule has 0 fully saturated rings. The number of thiophene rings is 1. The summed E-state index contributed by atoms with van der Waals surface area (Å²) in [6.07, 6.45) is 0.544. The zero-order chi connectivity index (χ0) is 18.6. The molecule has 2 N–H and O–H groups in total. The molecular weight excluding hydrogens is 340 g/mol. The lowest BCUT2D eigenvalue weighted by atomic mass is 10.2. The third-order valence-corrected chi connectivity index (χ3v) is 5.62. The van der Waals surface area contributed by atoms with Crippen molar-refractivity contribution in [2.24, 2.45) is 5.73 Å². The first-order chi connectivity index (χ1) is 11.9. The van der Waals surface area contributed by atoms with Crippen LogP contribution in [0.1, 0.15) is 34.9 Å². The number of hydrogen-bond acceptors (Lipinski definition) is 6. The fourth-order valence-corrected chi connectivity index (χ4v) is 3.93. The normalized spacial score (nSPS) is 11.6. The largest absolute Gasteiger partial charge is 0.384 e. The van der Waals surface area contributed by atoms with Gasteiger partial charge < -0.3 is 15.4 Å². The molecule has 0 aliphatic heterocycles. The first-order valence-corrected chi connectivity index (χ1v) is 9.30. The molecule has 25 heavy (non-hydrogen) atoms. The average molecular weight is 366 g/mol. The van der Waals surface area contributed by atoms with Gasteiger partial charge in [-0.2, -0.15) is 0 Å². The number of amides is 1. The molecule has 7 nitrogen and oxygen atoms in total. The maximum atomic E-state index is 13.1. The predicted molar refractivity (Wildman–Crippen MR) is 101 cm³/mol. The van der Waals surface area contributed by atoms with Gasteiger partial charge in [-0.15, -0.1) is 11.3 Å². The third kappa shape index (κ3) is 4.08. The van der Waals surface area contributed by atoms with Crippen LogP contribution in [0.25, 0.3) is 10.2 Å². The Morgan fingerprint density at radius 3 is 2.60 bits per heavy atom. The molecule has 0 spiro atoms. The van der Waals surface area contributed by atoms with E-state index in [1.807, 2.05) is 0 Å². The standard InChI is InChI=1S/C17H26N4O3S/c1-5-20(6-2)8-9-21-12(7-10-24-4)19-16-13(17(21)23)11(3)14(25-16)15(18)22/h5-10H2,1-4H3,(H2,18,22). The number of fused-ring (bicyclic) bond motifs is 1. The number of nitrogens with two attached hydrogens (primary N) is 1. The van der Waals surface area contributed by atoms with E-state index < -0.39 is 5.91 Å². The third-order valence-electron chi connectivity index (χ3n) is 4.42. The maximum absolute atomic E-state index is 13.1. The lowest BCUT2D eigenvalue weighted by Gasteiger charge is -2.20. The van der Waals surface area contributed by atoms with Crippen LogP contribution in [0.15, 0.2) is 4.79 Å². The number of nitrogens with zero attached hydrogens (tertiary/aromatic N) is 3. The number of methoxy groups -OCH3 is 1. The number of aryl methyl sites for hydroxylation is 1. The molecule has 1 amide bonds. The highest BCUT2D eigenvalue weighted by Gasteiger charge is 2.20. The molecule has 0 aliphatic carbocycles. The van der Waals surface area contributed by atoms with Crippen molar-refractivity contribution < 1.29 is 9.53 Å². The number of likely N-dealkylation sites (N-methyl/N-ethyl adjacent to an activating group) is 1. The summed E-state index contributed by atoms with van der Waals surface area (Å²) in [5.74, 6) is 0.164. The van der Waals surface area contributed by atoms with Crippen molar-refractivity contribution in [3.8, 4) is 0 Å². The molecule has 0 radical (unpaired) electrons. The molecule has 0 atom stereocenters. The molecule has 2 rings (SSSR count). The summed E-state index contributed by atoms with van der Waals surface area (Å²) in [5.41, 5.74) is 5.95. The van der Waals surface area contributed by atoms with Crippen LogP contribution in [0.3, 0.4) is 0 Å². The fourth-order valence-electron chi connectivity index (χ4n) is 2.89. The van der Waals surface area contributed by atoms with Crippen LogP contribution in [0.5, 0.6) is 0 Å². The minimum Gasteiger partial charge on any atom is -0.384 e. The van der Waals surface area contributed by atoms with Crippen molar-refractivity contribution in [2.75, 3.05) is 33.4 Å². The fraction of sp³-hybridized carbons (Fsp3) is 0.588. The molecule has 138 valence electrons. The summed E-state index contributed by atoms with van der Waals surface area (Å²) < 4.78 is 6.86. The number of aromatic nitrogens is 2. The lowest BCUT2D eigenvalue weighted by Crippen LogP contribution is -2.33. The number of carbonyl (C=O) groups is 1. The Morgan fingerprint density at radius 2 is 2.04 bits per heavy atom. The smallest absolute Gasteiger partial charge is 0.262 e. The van der Waals surface area contributed by atoms with Gasteiger partial charge in [0.15, 0.2) is 0 Å². The highest BCUT2D eigenvalue weighted by molar-refractivity contribution is 7.20. The van der Waals surface area contributed by atoms with Crippen LogP contribution < -0.4 is 11.3 Å². The van der Waals surface area contributed by atoms with E-state index in [4.69, 9.17) is 10.5 Å². The Morgan fingerprint density at radius 1 is 1.36 bits per heavy atom. The van der Waals surface area contributed by atoms with E-state index in [9.17, 15) is 9.59 Å². The summed E-state index contributed by atoms with van der Waals surface area (Å²) in [5, 5.41) is 0.500. The number of rotatable bonds is 9. The minimum atomic E-state index is -0.520. The lowest BCUT2D eigenvalue weighted by molar-refractivity contribution is 0.100. The van der Waals surface area contributed by atoms with Gasteiger partial charge in [0.05, 0.1) is 16.9 Å². The molecule has 0 saturated heterocycles. The van der Waals surface area contributed by atoms with Crippen molar-refractivity contribution in [1.82, 2.24) is 14.5 Å². The molecule has 2 aromatic rings. The molecular formula is C17H26N4O3S. The van der Waals surface area contributed by atoms with E-state index >= 15 is 0 Å². The van der Waals surface area contributed by atoms with E-state index in [1.54, 1.807) is 18.6 Å². The number of ether oxygens (including phenoxy) is 1. The van der Waals surface area contributed by atoms with Crippen molar-refractivity contribution in [3.05, 3.63) is 26.6 Å². The van der Waals surface area contributed by atoms with Crippen molar-refractivity contribution in [3.63, 3.8) is 0 Å². The number of carbonyl (C=O) groups excluding carboxylic acids is 1. The Labute approximate surface area is 151 Å². The molecule has 0 bridgehead atoms. The van der Waals surface area contributed by atoms with Gasteiger partial charge in [-0.3, -0.25) is 14.2 Å². The minimum absolute atomic E-state index is 0.107. The first-order valence-electron chi connectivity index (χ1n) is 8.48. The van der Waals surface area contributed by atoms with Crippen molar-refractivity contribution in [1.29, 1.82) is 0 Å². The van der Waals surface area contributed by atoms with E-state index in [0.717, 1.165) is 19.6 Å². The SMILES string of the molecule is CCN(CC)CCn1c(CCOC)nc2sc(C(N)=O)c(C)c2c1=O. The van der Waals surface area contributed by atoms with Gasteiger partial charge >= 0.3 is 0 Å². The Bertz CT molecular complexity index is 808. The van der Waals surface area contributed by atoms with E-state index in [2.05, 4.69) is 23.7 Å². The topological polar surface area (TPSA) is 90.4 Å². The van der Waals surface area contributed by atoms with Gasteiger partial charge in [-0.05, 0) is 25.6 Å². The number of primary amides is 1. The Kier molecular flexibility index (Phi) is 6.69. The quantitative estimate of drug-likeness (QED) is 0.724. The zero-order valence-electron chi connectivity index (χ0n) is 15.3. The highest BCUT2D eigenvalue weighted by Crippen LogP contribution is 2.27. The van der Waals surface area contributed by atoms with Gasteiger partial charge in [-0.25, -0.2) is 4.98 Å². The molecule has 2 heterocycles. The second-order valence-electron chi connectivity index (χ2n) is 5.86. The monoisotopic (exact) mass is 366 g/mol. The summed E-state index contributed by atoms with van der Waals surface area (Å²) in [4.78, 5) is 32.6. The van der Waals surface area contributed by atoms with Gasteiger partial charge in [-0.1, -0.05) is 13.8 Å². The van der Waals surface area contributed by atoms with Crippen LogP contribution in [-0.2, 0) is 17.7 Å². The van der Waals surface area contributed by atoms with E-state index in [0.29, 0.717) is 46.1 Å². The van der Waals surface area contributed by atoms with Gasteiger partial charge in [0, 0.05) is 26.6 Å². The Hall–Kier alpha value is -1.77. The zero-order valence-corrected chi connectivity index (χ0v) is 16.1. The summed E-state index contributed by atoms with van der Waals surface area (Å²) in [6.45, 7) is 9.62. The predicted octanol–water partition coefficient (Wildman–Crippen LogP) is 1.40. The first kappa shape index (κ1) is 19.6. The Balaban J connectivity index is 2.55. The molecule has 0 aliphatic rings. The molecule has 8 heteroatoms. The second-order valence-corrected chi connectivity index (χ2v) is 6.85. The molecule has 2 aromatic heterocycles. The summed E-state index contributed by atoms with van der Waals surface area (Å²) >= 11 is 1.19. The van der Waals surface area contributed by atoms with E-state index in [1.165, 1.54) is 11.3 Å². The van der Waals surface area contributed by atoms with Crippen LogP contribution in [0, 0.1) is 6.92 Å². The van der Waals surface area contributed by atoms with Crippen LogP contribution >= 0.6 is 11.3 Å². The summed E-state index contributed by atoms with van der Waals surface area (Å²) in [6, 6.07) is 0. The summed E-state index contributed by atoms with van der Waals surface area (Å²) in [7, 11) is 1.62. The second kappa shape index (κ2) is 8.55. The van der Waals surface area contributed by atoms with Crippen molar-refractivity contribution >= 4 is 27.5 Å². The van der Waals surface area contributed by atoms with E-state index in [-0.39, 0.29) is 5.56 Å².